The van der Waals surface area contributed by atoms with Crippen molar-refractivity contribution in [1.82, 2.24) is 14.7 Å². The molecular weight excluding hydrogens is 322 g/mol. The third-order valence-electron chi connectivity index (χ3n) is 3.63. The van der Waals surface area contributed by atoms with E-state index in [-0.39, 0.29) is 11.9 Å². The lowest BCUT2D eigenvalue weighted by atomic mass is 10.0. The summed E-state index contributed by atoms with van der Waals surface area (Å²) in [7, 11) is 0. The minimum absolute atomic E-state index is 0.0347. The van der Waals surface area contributed by atoms with Gasteiger partial charge in [-0.2, -0.15) is 5.10 Å². The summed E-state index contributed by atoms with van der Waals surface area (Å²) in [5.74, 6) is 0.358. The number of carbonyl (C=O) groups is 1. The number of hydrogen-bond donors (Lipinski definition) is 0. The van der Waals surface area contributed by atoms with Gasteiger partial charge in [-0.05, 0) is 53.4 Å². The van der Waals surface area contributed by atoms with E-state index in [1.165, 1.54) is 0 Å². The average Bonchev–Trinajstić information content (AvgIpc) is 3.10. The van der Waals surface area contributed by atoms with Gasteiger partial charge in [-0.15, -0.1) is 0 Å². The molecule has 6 heteroatoms. The fourth-order valence-corrected chi connectivity index (χ4v) is 2.96. The molecule has 1 fully saturated rings. The van der Waals surface area contributed by atoms with Gasteiger partial charge in [0, 0.05) is 18.9 Å². The monoisotopic (exact) mass is 337 g/mol. The molecule has 1 atom stereocenters. The Morgan fingerprint density at radius 3 is 3.05 bits per heavy atom. The summed E-state index contributed by atoms with van der Waals surface area (Å²) in [5.41, 5.74) is 0. The standard InChI is InChI=1S/C14H16BrN3O2/c15-13-6-5-12(20-13)14(19)18-9-2-1-4-11(18)10-17-8-3-7-16-17/h3,5-8,11H,1-2,4,9-10H2/t11-/m1/s1. The number of hydrogen-bond acceptors (Lipinski definition) is 3. The maximum absolute atomic E-state index is 12.5. The summed E-state index contributed by atoms with van der Waals surface area (Å²) in [4.78, 5) is 14.4. The second-order valence-electron chi connectivity index (χ2n) is 4.98. The lowest BCUT2D eigenvalue weighted by Gasteiger charge is -2.35. The molecule has 0 bridgehead atoms. The molecule has 0 spiro atoms. The molecule has 1 saturated heterocycles. The smallest absolute Gasteiger partial charge is 0.289 e. The van der Waals surface area contributed by atoms with Crippen molar-refractivity contribution in [2.75, 3.05) is 6.54 Å². The first-order chi connectivity index (χ1) is 9.74. The van der Waals surface area contributed by atoms with Gasteiger partial charge in [0.2, 0.25) is 0 Å². The number of carbonyl (C=O) groups excluding carboxylic acids is 1. The van der Waals surface area contributed by atoms with Gasteiger partial charge >= 0.3 is 0 Å². The normalized spacial score (nSPS) is 19.2. The number of nitrogens with zero attached hydrogens (tertiary/aromatic N) is 3. The molecule has 1 aliphatic heterocycles. The van der Waals surface area contributed by atoms with Gasteiger partial charge in [0.05, 0.1) is 12.6 Å². The van der Waals surface area contributed by atoms with Crippen LogP contribution >= 0.6 is 15.9 Å². The fourth-order valence-electron chi connectivity index (χ4n) is 2.65. The lowest BCUT2D eigenvalue weighted by Crippen LogP contribution is -2.45. The Hall–Kier alpha value is -1.56. The van der Waals surface area contributed by atoms with E-state index in [1.54, 1.807) is 18.3 Å². The van der Waals surface area contributed by atoms with Crippen LogP contribution in [0.5, 0.6) is 0 Å². The van der Waals surface area contributed by atoms with Gasteiger partial charge in [-0.1, -0.05) is 0 Å². The topological polar surface area (TPSA) is 51.3 Å². The highest BCUT2D eigenvalue weighted by atomic mass is 79.9. The zero-order valence-electron chi connectivity index (χ0n) is 11.0. The Balaban J connectivity index is 1.76. The van der Waals surface area contributed by atoms with Crippen molar-refractivity contribution < 1.29 is 9.21 Å². The van der Waals surface area contributed by atoms with E-state index in [1.807, 2.05) is 21.8 Å². The first kappa shape index (κ1) is 13.4. The van der Waals surface area contributed by atoms with Crippen LogP contribution in [-0.4, -0.2) is 33.2 Å². The molecule has 106 valence electrons. The summed E-state index contributed by atoms with van der Waals surface area (Å²) >= 11 is 3.24. The first-order valence-electron chi connectivity index (χ1n) is 6.78. The molecule has 0 radical (unpaired) electrons. The average molecular weight is 338 g/mol. The molecule has 0 aromatic carbocycles. The second kappa shape index (κ2) is 5.83. The molecule has 20 heavy (non-hydrogen) atoms. The highest BCUT2D eigenvalue weighted by Gasteiger charge is 2.29. The molecule has 3 rings (SSSR count). The van der Waals surface area contributed by atoms with Crippen LogP contribution in [0.15, 0.2) is 39.7 Å². The number of piperidine rings is 1. The van der Waals surface area contributed by atoms with Crippen molar-refractivity contribution >= 4 is 21.8 Å². The Labute approximate surface area is 125 Å². The Morgan fingerprint density at radius 1 is 1.45 bits per heavy atom. The molecular formula is C14H16BrN3O2. The van der Waals surface area contributed by atoms with Crippen LogP contribution < -0.4 is 0 Å². The molecule has 2 aromatic rings. The van der Waals surface area contributed by atoms with Crippen LogP contribution in [0.3, 0.4) is 0 Å². The summed E-state index contributed by atoms with van der Waals surface area (Å²) in [6.45, 7) is 1.52. The molecule has 0 aliphatic carbocycles. The minimum atomic E-state index is -0.0347. The Kier molecular flexibility index (Phi) is 3.91. The van der Waals surface area contributed by atoms with Crippen molar-refractivity contribution in [2.45, 2.75) is 31.8 Å². The maximum Gasteiger partial charge on any atom is 0.289 e. The molecule has 0 N–H and O–H groups in total. The molecule has 0 saturated carbocycles. The summed E-state index contributed by atoms with van der Waals surface area (Å²) in [6.07, 6.45) is 6.90. The van der Waals surface area contributed by atoms with E-state index in [2.05, 4.69) is 21.0 Å². The van der Waals surface area contributed by atoms with Crippen LogP contribution in [0.2, 0.25) is 0 Å². The molecule has 2 aromatic heterocycles. The quantitative estimate of drug-likeness (QED) is 0.865. The van der Waals surface area contributed by atoms with Crippen molar-refractivity contribution in [3.8, 4) is 0 Å². The highest BCUT2D eigenvalue weighted by molar-refractivity contribution is 9.10. The van der Waals surface area contributed by atoms with E-state index >= 15 is 0 Å². The minimum Gasteiger partial charge on any atom is -0.444 e. The van der Waals surface area contributed by atoms with Crippen LogP contribution in [0.25, 0.3) is 0 Å². The van der Waals surface area contributed by atoms with Gasteiger partial charge in [0.15, 0.2) is 10.4 Å². The number of aromatic nitrogens is 2. The Morgan fingerprint density at radius 2 is 2.35 bits per heavy atom. The first-order valence-corrected chi connectivity index (χ1v) is 7.57. The third-order valence-corrected chi connectivity index (χ3v) is 4.06. The van der Waals surface area contributed by atoms with Crippen LogP contribution in [0.1, 0.15) is 29.8 Å². The summed E-state index contributed by atoms with van der Waals surface area (Å²) in [5, 5.41) is 4.23. The fraction of sp³-hybridized carbons (Fsp3) is 0.429. The van der Waals surface area contributed by atoms with Crippen molar-refractivity contribution in [1.29, 1.82) is 0 Å². The lowest BCUT2D eigenvalue weighted by molar-refractivity contribution is 0.0550. The maximum atomic E-state index is 12.5. The van der Waals surface area contributed by atoms with Crippen molar-refractivity contribution in [2.24, 2.45) is 0 Å². The highest BCUT2D eigenvalue weighted by Crippen LogP contribution is 2.23. The van der Waals surface area contributed by atoms with Gasteiger partial charge < -0.3 is 9.32 Å². The molecule has 1 aliphatic rings. The van der Waals surface area contributed by atoms with E-state index < -0.39 is 0 Å². The Bertz CT molecular complexity index is 579. The molecule has 1 amide bonds. The van der Waals surface area contributed by atoms with E-state index in [4.69, 9.17) is 4.42 Å². The zero-order chi connectivity index (χ0) is 13.9. The zero-order valence-corrected chi connectivity index (χ0v) is 12.6. The van der Waals surface area contributed by atoms with Gasteiger partial charge in [-0.25, -0.2) is 0 Å². The number of furan rings is 1. The second-order valence-corrected chi connectivity index (χ2v) is 5.76. The van der Waals surface area contributed by atoms with E-state index in [9.17, 15) is 4.79 Å². The van der Waals surface area contributed by atoms with Crippen molar-refractivity contribution in [3.05, 3.63) is 41.0 Å². The van der Waals surface area contributed by atoms with Crippen LogP contribution in [0, 0.1) is 0 Å². The van der Waals surface area contributed by atoms with Crippen LogP contribution in [-0.2, 0) is 6.54 Å². The predicted octanol–water partition coefficient (Wildman–Crippen LogP) is 2.93. The molecule has 3 heterocycles. The van der Waals surface area contributed by atoms with E-state index in [0.717, 1.165) is 32.4 Å². The number of amides is 1. The van der Waals surface area contributed by atoms with Gasteiger partial charge in [-0.3, -0.25) is 9.48 Å². The molecule has 0 unspecified atom stereocenters. The number of likely N-dealkylation sites (tertiary alicyclic amines) is 1. The van der Waals surface area contributed by atoms with Crippen molar-refractivity contribution in [3.63, 3.8) is 0 Å². The number of rotatable bonds is 3. The predicted molar refractivity (Wildman–Crippen MR) is 77.3 cm³/mol. The molecule has 5 nitrogen and oxygen atoms in total. The number of halogens is 1. The third kappa shape index (κ3) is 2.80. The SMILES string of the molecule is O=C(c1ccc(Br)o1)N1CCCC[C@@H]1Cn1cccn1. The summed E-state index contributed by atoms with van der Waals surface area (Å²) < 4.78 is 7.85. The largest absolute Gasteiger partial charge is 0.444 e. The van der Waals surface area contributed by atoms with Gasteiger partial charge in [0.25, 0.3) is 5.91 Å². The summed E-state index contributed by atoms with van der Waals surface area (Å²) in [6, 6.07) is 5.55. The van der Waals surface area contributed by atoms with E-state index in [0.29, 0.717) is 10.4 Å². The van der Waals surface area contributed by atoms with Crippen LogP contribution in [0.4, 0.5) is 0 Å². The van der Waals surface area contributed by atoms with Gasteiger partial charge in [0.1, 0.15) is 0 Å².